The summed E-state index contributed by atoms with van der Waals surface area (Å²) in [5.41, 5.74) is 0.685. The van der Waals surface area contributed by atoms with E-state index in [-0.39, 0.29) is 0 Å². The Hall–Kier alpha value is -2.47. The molecule has 2 aromatic carbocycles. The predicted octanol–water partition coefficient (Wildman–Crippen LogP) is 2.28. The van der Waals surface area contributed by atoms with Gasteiger partial charge in [0, 0.05) is 11.5 Å². The van der Waals surface area contributed by atoms with E-state index in [4.69, 9.17) is 9.84 Å². The fourth-order valence-electron chi connectivity index (χ4n) is 1.55. The molecule has 3 heteroatoms. The Morgan fingerprint density at radius 3 is 2.59 bits per heavy atom. The molecule has 2 rings (SSSR count). The lowest BCUT2D eigenvalue weighted by Gasteiger charge is -2.02. The second-order valence-corrected chi connectivity index (χ2v) is 3.48. The molecule has 0 bridgehead atoms. The van der Waals surface area contributed by atoms with E-state index in [0.29, 0.717) is 5.56 Å². The van der Waals surface area contributed by atoms with Gasteiger partial charge < -0.3 is 9.84 Å². The van der Waals surface area contributed by atoms with Gasteiger partial charge in [-0.3, -0.25) is 0 Å². The highest BCUT2D eigenvalue weighted by atomic mass is 16.5. The molecular weight excluding hydrogens is 216 g/mol. The Labute approximate surface area is 98.6 Å². The number of benzene rings is 2. The van der Waals surface area contributed by atoms with Crippen LogP contribution in [-0.4, -0.2) is 18.2 Å². The summed E-state index contributed by atoms with van der Waals surface area (Å²) in [6.45, 7) is 0. The third-order valence-corrected chi connectivity index (χ3v) is 2.36. The summed E-state index contributed by atoms with van der Waals surface area (Å²) >= 11 is 0. The molecule has 0 saturated carbocycles. The minimum absolute atomic E-state index is 0.685. The second-order valence-electron chi connectivity index (χ2n) is 3.48. The highest BCUT2D eigenvalue weighted by Crippen LogP contribution is 2.21. The summed E-state index contributed by atoms with van der Waals surface area (Å²) in [4.78, 5) is 10.3. The summed E-state index contributed by atoms with van der Waals surface area (Å²) in [5, 5.41) is 10.5. The van der Waals surface area contributed by atoms with E-state index < -0.39 is 5.97 Å². The van der Waals surface area contributed by atoms with E-state index in [9.17, 15) is 4.79 Å². The van der Waals surface area contributed by atoms with E-state index in [1.165, 1.54) is 0 Å². The van der Waals surface area contributed by atoms with Gasteiger partial charge >= 0.3 is 5.97 Å². The molecule has 3 nitrogen and oxygen atoms in total. The second kappa shape index (κ2) is 4.58. The Morgan fingerprint density at radius 2 is 1.88 bits per heavy atom. The zero-order chi connectivity index (χ0) is 12.3. The average Bonchev–Trinajstić information content (AvgIpc) is 2.35. The van der Waals surface area contributed by atoms with Crippen LogP contribution in [0.25, 0.3) is 10.8 Å². The minimum atomic E-state index is -1.13. The zero-order valence-corrected chi connectivity index (χ0v) is 9.23. The van der Waals surface area contributed by atoms with Crippen LogP contribution >= 0.6 is 0 Å². The van der Waals surface area contributed by atoms with Gasteiger partial charge in [0.1, 0.15) is 5.75 Å². The first-order chi connectivity index (χ1) is 8.19. The molecule has 0 heterocycles. The van der Waals surface area contributed by atoms with E-state index in [1.54, 1.807) is 13.2 Å². The molecule has 0 atom stereocenters. The maximum absolute atomic E-state index is 10.3. The Morgan fingerprint density at radius 1 is 1.18 bits per heavy atom. The highest BCUT2D eigenvalue weighted by Gasteiger charge is 1.97. The van der Waals surface area contributed by atoms with Crippen LogP contribution in [0.15, 0.2) is 36.4 Å². The van der Waals surface area contributed by atoms with Crippen LogP contribution < -0.4 is 4.74 Å². The standard InChI is InChI=1S/C14H10O3/c1-17-13-6-5-11-8-10(3-7-14(15)16)2-4-12(11)9-13/h2,4-6,8-9H,1H3,(H,15,16). The van der Waals surface area contributed by atoms with Gasteiger partial charge in [0.2, 0.25) is 0 Å². The first-order valence-corrected chi connectivity index (χ1v) is 5.02. The average molecular weight is 226 g/mol. The topological polar surface area (TPSA) is 46.5 Å². The van der Waals surface area contributed by atoms with E-state index in [2.05, 4.69) is 11.8 Å². The van der Waals surface area contributed by atoms with Crippen molar-refractivity contribution < 1.29 is 14.6 Å². The summed E-state index contributed by atoms with van der Waals surface area (Å²) in [7, 11) is 1.62. The van der Waals surface area contributed by atoms with Crippen LogP contribution in [0.2, 0.25) is 0 Å². The van der Waals surface area contributed by atoms with Gasteiger partial charge in [-0.15, -0.1) is 0 Å². The summed E-state index contributed by atoms with van der Waals surface area (Å²) in [6.07, 6.45) is 0. The summed E-state index contributed by atoms with van der Waals surface area (Å²) in [6, 6.07) is 11.2. The van der Waals surface area contributed by atoms with Gasteiger partial charge in [-0.1, -0.05) is 18.1 Å². The largest absolute Gasteiger partial charge is 0.497 e. The van der Waals surface area contributed by atoms with Crippen molar-refractivity contribution in [2.24, 2.45) is 0 Å². The molecule has 0 aliphatic carbocycles. The third-order valence-electron chi connectivity index (χ3n) is 2.36. The first-order valence-electron chi connectivity index (χ1n) is 5.02. The first kappa shape index (κ1) is 11.0. The summed E-state index contributed by atoms with van der Waals surface area (Å²) in [5.74, 6) is 4.34. The molecular formula is C14H10O3. The third kappa shape index (κ3) is 2.56. The molecule has 1 N–H and O–H groups in total. The lowest BCUT2D eigenvalue weighted by molar-refractivity contribution is -0.130. The van der Waals surface area contributed by atoms with Crippen LogP contribution in [0.1, 0.15) is 5.56 Å². The number of carbonyl (C=O) groups is 1. The molecule has 0 amide bonds. The van der Waals surface area contributed by atoms with Crippen molar-refractivity contribution in [2.75, 3.05) is 7.11 Å². The van der Waals surface area contributed by atoms with Crippen LogP contribution in [0.4, 0.5) is 0 Å². The maximum Gasteiger partial charge on any atom is 0.382 e. The summed E-state index contributed by atoms with van der Waals surface area (Å²) < 4.78 is 5.13. The molecule has 2 aromatic rings. The van der Waals surface area contributed by atoms with Gasteiger partial charge in [-0.25, -0.2) is 4.79 Å². The van der Waals surface area contributed by atoms with Crippen molar-refractivity contribution in [1.29, 1.82) is 0 Å². The minimum Gasteiger partial charge on any atom is -0.497 e. The highest BCUT2D eigenvalue weighted by molar-refractivity contribution is 5.88. The van der Waals surface area contributed by atoms with Crippen molar-refractivity contribution in [3.63, 3.8) is 0 Å². The van der Waals surface area contributed by atoms with Gasteiger partial charge in [0.05, 0.1) is 7.11 Å². The van der Waals surface area contributed by atoms with Crippen molar-refractivity contribution in [2.45, 2.75) is 0 Å². The Balaban J connectivity index is 2.46. The van der Waals surface area contributed by atoms with Crippen LogP contribution in [0.3, 0.4) is 0 Å². The van der Waals surface area contributed by atoms with Gasteiger partial charge in [0.25, 0.3) is 0 Å². The van der Waals surface area contributed by atoms with Crippen molar-refractivity contribution in [3.05, 3.63) is 42.0 Å². The lowest BCUT2D eigenvalue weighted by atomic mass is 10.1. The predicted molar refractivity (Wildman–Crippen MR) is 65.0 cm³/mol. The number of methoxy groups -OCH3 is 1. The van der Waals surface area contributed by atoms with Crippen molar-refractivity contribution in [1.82, 2.24) is 0 Å². The van der Waals surface area contributed by atoms with Crippen LogP contribution in [0, 0.1) is 11.8 Å². The Kier molecular flexibility index (Phi) is 2.97. The van der Waals surface area contributed by atoms with Crippen molar-refractivity contribution in [3.8, 4) is 17.6 Å². The smallest absolute Gasteiger partial charge is 0.382 e. The number of carboxylic acid groups (broad SMARTS) is 1. The van der Waals surface area contributed by atoms with Crippen LogP contribution in [0.5, 0.6) is 5.75 Å². The van der Waals surface area contributed by atoms with Gasteiger partial charge in [0.15, 0.2) is 0 Å². The molecule has 0 unspecified atom stereocenters. The fourth-order valence-corrected chi connectivity index (χ4v) is 1.55. The van der Waals surface area contributed by atoms with E-state index in [1.807, 2.05) is 30.3 Å². The number of rotatable bonds is 1. The molecule has 84 valence electrons. The fraction of sp³-hybridized carbons (Fsp3) is 0.0714. The molecule has 0 aliphatic rings. The van der Waals surface area contributed by atoms with Crippen LogP contribution in [-0.2, 0) is 4.79 Å². The normalized spacial score (nSPS) is 9.47. The molecule has 17 heavy (non-hydrogen) atoms. The number of aliphatic carboxylic acids is 1. The number of hydrogen-bond acceptors (Lipinski definition) is 2. The zero-order valence-electron chi connectivity index (χ0n) is 9.23. The van der Waals surface area contributed by atoms with E-state index in [0.717, 1.165) is 16.5 Å². The lowest BCUT2D eigenvalue weighted by Crippen LogP contribution is -1.87. The van der Waals surface area contributed by atoms with E-state index >= 15 is 0 Å². The Bertz CT molecular complexity index is 633. The number of ether oxygens (including phenoxy) is 1. The molecule has 0 aromatic heterocycles. The molecule has 0 aliphatic heterocycles. The monoisotopic (exact) mass is 226 g/mol. The molecule has 0 fully saturated rings. The maximum atomic E-state index is 10.3. The molecule has 0 saturated heterocycles. The SMILES string of the molecule is COc1ccc2cc(C#CC(=O)O)ccc2c1. The molecule has 0 spiro atoms. The van der Waals surface area contributed by atoms with Gasteiger partial charge in [-0.05, 0) is 35.0 Å². The van der Waals surface area contributed by atoms with Gasteiger partial charge in [-0.2, -0.15) is 0 Å². The number of hydrogen-bond donors (Lipinski definition) is 1. The quantitative estimate of drug-likeness (QED) is 0.759. The van der Waals surface area contributed by atoms with Crippen molar-refractivity contribution >= 4 is 16.7 Å². The number of carboxylic acids is 1. The molecule has 0 radical (unpaired) electrons. The number of fused-ring (bicyclic) bond motifs is 1.